The highest BCUT2D eigenvalue weighted by Gasteiger charge is 2.12. The van der Waals surface area contributed by atoms with Gasteiger partial charge in [0.1, 0.15) is 5.82 Å². The third-order valence-electron chi connectivity index (χ3n) is 2.94. The van der Waals surface area contributed by atoms with Crippen molar-refractivity contribution in [3.05, 3.63) is 45.6 Å². The SMILES string of the molecule is CNc1nc(-c2cccc([N+](=O)[O-])c2)nc(C)c1C. The van der Waals surface area contributed by atoms with Gasteiger partial charge in [0.05, 0.1) is 4.92 Å². The minimum absolute atomic E-state index is 0.0327. The molecule has 1 aromatic carbocycles. The molecule has 0 radical (unpaired) electrons. The minimum atomic E-state index is -0.427. The van der Waals surface area contributed by atoms with Gasteiger partial charge in [-0.2, -0.15) is 0 Å². The quantitative estimate of drug-likeness (QED) is 0.676. The number of anilines is 1. The van der Waals surface area contributed by atoms with Gasteiger partial charge in [-0.15, -0.1) is 0 Å². The molecule has 0 unspecified atom stereocenters. The van der Waals surface area contributed by atoms with Crippen LogP contribution in [0.3, 0.4) is 0 Å². The molecule has 0 spiro atoms. The lowest BCUT2D eigenvalue weighted by Gasteiger charge is -2.09. The molecule has 1 N–H and O–H groups in total. The van der Waals surface area contributed by atoms with Crippen LogP contribution in [-0.2, 0) is 0 Å². The summed E-state index contributed by atoms with van der Waals surface area (Å²) < 4.78 is 0. The number of benzene rings is 1. The Morgan fingerprint density at radius 3 is 2.63 bits per heavy atom. The second-order valence-corrected chi connectivity index (χ2v) is 4.16. The zero-order valence-electron chi connectivity index (χ0n) is 11.0. The van der Waals surface area contributed by atoms with E-state index in [9.17, 15) is 10.1 Å². The fourth-order valence-electron chi connectivity index (χ4n) is 1.76. The largest absolute Gasteiger partial charge is 0.373 e. The van der Waals surface area contributed by atoms with Crippen molar-refractivity contribution in [1.82, 2.24) is 9.97 Å². The summed E-state index contributed by atoms with van der Waals surface area (Å²) in [6.45, 7) is 3.82. The van der Waals surface area contributed by atoms with Gasteiger partial charge in [0.25, 0.3) is 5.69 Å². The number of non-ortho nitro benzene ring substituents is 1. The van der Waals surface area contributed by atoms with Crippen LogP contribution in [0.2, 0.25) is 0 Å². The Kier molecular flexibility index (Phi) is 3.41. The van der Waals surface area contributed by atoms with Gasteiger partial charge in [-0.25, -0.2) is 9.97 Å². The van der Waals surface area contributed by atoms with Crippen molar-refractivity contribution in [3.8, 4) is 11.4 Å². The second kappa shape index (κ2) is 5.01. The highest BCUT2D eigenvalue weighted by atomic mass is 16.6. The molecule has 2 rings (SSSR count). The monoisotopic (exact) mass is 258 g/mol. The number of nitrogens with zero attached hydrogens (tertiary/aromatic N) is 3. The number of nitro benzene ring substituents is 1. The molecule has 0 fully saturated rings. The van der Waals surface area contributed by atoms with Gasteiger partial charge in [-0.1, -0.05) is 12.1 Å². The molecule has 0 aliphatic carbocycles. The predicted octanol–water partition coefficient (Wildman–Crippen LogP) is 2.71. The van der Waals surface area contributed by atoms with Crippen LogP contribution in [0.15, 0.2) is 24.3 Å². The number of hydrogen-bond donors (Lipinski definition) is 1. The van der Waals surface area contributed by atoms with Crippen LogP contribution in [0.5, 0.6) is 0 Å². The van der Waals surface area contributed by atoms with E-state index in [2.05, 4.69) is 15.3 Å². The average molecular weight is 258 g/mol. The molecular formula is C13H14N4O2. The lowest BCUT2D eigenvalue weighted by molar-refractivity contribution is -0.384. The van der Waals surface area contributed by atoms with E-state index in [-0.39, 0.29) is 5.69 Å². The zero-order chi connectivity index (χ0) is 14.0. The number of aryl methyl sites for hydroxylation is 1. The molecule has 0 amide bonds. The fraction of sp³-hybridized carbons (Fsp3) is 0.231. The summed E-state index contributed by atoms with van der Waals surface area (Å²) in [7, 11) is 1.78. The number of aromatic nitrogens is 2. The summed E-state index contributed by atoms with van der Waals surface area (Å²) in [4.78, 5) is 19.1. The van der Waals surface area contributed by atoms with E-state index in [0.717, 1.165) is 17.1 Å². The van der Waals surface area contributed by atoms with Gasteiger partial charge in [0.2, 0.25) is 0 Å². The first-order valence-corrected chi connectivity index (χ1v) is 5.80. The first-order chi connectivity index (χ1) is 9.02. The van der Waals surface area contributed by atoms with Gasteiger partial charge in [-0.3, -0.25) is 10.1 Å². The number of hydrogen-bond acceptors (Lipinski definition) is 5. The molecule has 0 aliphatic heterocycles. The molecule has 0 saturated heterocycles. The van der Waals surface area contributed by atoms with Gasteiger partial charge in [0.15, 0.2) is 5.82 Å². The zero-order valence-corrected chi connectivity index (χ0v) is 11.0. The highest BCUT2D eigenvalue weighted by molar-refractivity contribution is 5.62. The summed E-state index contributed by atoms with van der Waals surface area (Å²) >= 11 is 0. The van der Waals surface area contributed by atoms with Crippen molar-refractivity contribution in [2.45, 2.75) is 13.8 Å². The van der Waals surface area contributed by atoms with E-state index in [1.165, 1.54) is 12.1 Å². The Hall–Kier alpha value is -2.50. The molecule has 2 aromatic rings. The molecule has 0 bridgehead atoms. The van der Waals surface area contributed by atoms with Gasteiger partial charge >= 0.3 is 0 Å². The van der Waals surface area contributed by atoms with Crippen molar-refractivity contribution in [2.75, 3.05) is 12.4 Å². The Morgan fingerprint density at radius 2 is 2.00 bits per heavy atom. The molecule has 1 heterocycles. The van der Waals surface area contributed by atoms with Gasteiger partial charge < -0.3 is 5.32 Å². The lowest BCUT2D eigenvalue weighted by Crippen LogP contribution is -2.02. The van der Waals surface area contributed by atoms with E-state index < -0.39 is 4.92 Å². The normalized spacial score (nSPS) is 10.3. The van der Waals surface area contributed by atoms with Crippen LogP contribution in [0.25, 0.3) is 11.4 Å². The Morgan fingerprint density at radius 1 is 1.26 bits per heavy atom. The first-order valence-electron chi connectivity index (χ1n) is 5.80. The van der Waals surface area contributed by atoms with Crippen molar-refractivity contribution in [1.29, 1.82) is 0 Å². The van der Waals surface area contributed by atoms with Crippen LogP contribution >= 0.6 is 0 Å². The van der Waals surface area contributed by atoms with Crippen LogP contribution in [0, 0.1) is 24.0 Å². The number of nitrogens with one attached hydrogen (secondary N) is 1. The van der Waals surface area contributed by atoms with Crippen molar-refractivity contribution >= 4 is 11.5 Å². The third-order valence-corrected chi connectivity index (χ3v) is 2.94. The molecule has 6 heteroatoms. The summed E-state index contributed by atoms with van der Waals surface area (Å²) in [6.07, 6.45) is 0. The van der Waals surface area contributed by atoms with Gasteiger partial charge in [-0.05, 0) is 13.8 Å². The highest BCUT2D eigenvalue weighted by Crippen LogP contribution is 2.24. The molecule has 0 atom stereocenters. The fourth-order valence-corrected chi connectivity index (χ4v) is 1.76. The van der Waals surface area contributed by atoms with Gasteiger partial charge in [0, 0.05) is 36.0 Å². The average Bonchev–Trinajstić information content (AvgIpc) is 2.41. The van der Waals surface area contributed by atoms with E-state index in [1.807, 2.05) is 13.8 Å². The van der Waals surface area contributed by atoms with Crippen LogP contribution < -0.4 is 5.32 Å². The summed E-state index contributed by atoms with van der Waals surface area (Å²) in [5, 5.41) is 13.8. The number of rotatable bonds is 3. The Labute approximate surface area is 110 Å². The predicted molar refractivity (Wildman–Crippen MR) is 73.1 cm³/mol. The van der Waals surface area contributed by atoms with E-state index in [1.54, 1.807) is 19.2 Å². The van der Waals surface area contributed by atoms with Crippen LogP contribution in [-0.4, -0.2) is 21.9 Å². The third kappa shape index (κ3) is 2.52. The lowest BCUT2D eigenvalue weighted by atomic mass is 10.1. The molecular weight excluding hydrogens is 244 g/mol. The Balaban J connectivity index is 2.56. The molecule has 0 aliphatic rings. The maximum atomic E-state index is 10.8. The molecule has 6 nitrogen and oxygen atoms in total. The van der Waals surface area contributed by atoms with Crippen LogP contribution in [0.1, 0.15) is 11.3 Å². The van der Waals surface area contributed by atoms with E-state index >= 15 is 0 Å². The molecule has 0 saturated carbocycles. The second-order valence-electron chi connectivity index (χ2n) is 4.16. The van der Waals surface area contributed by atoms with Crippen LogP contribution in [0.4, 0.5) is 11.5 Å². The smallest absolute Gasteiger partial charge is 0.270 e. The minimum Gasteiger partial charge on any atom is -0.373 e. The summed E-state index contributed by atoms with van der Waals surface area (Å²) in [5.74, 6) is 1.21. The topological polar surface area (TPSA) is 81.0 Å². The van der Waals surface area contributed by atoms with Crippen molar-refractivity contribution in [2.24, 2.45) is 0 Å². The maximum Gasteiger partial charge on any atom is 0.270 e. The first kappa shape index (κ1) is 12.9. The summed E-state index contributed by atoms with van der Waals surface area (Å²) in [5.41, 5.74) is 2.48. The van der Waals surface area contributed by atoms with E-state index in [0.29, 0.717) is 11.4 Å². The maximum absolute atomic E-state index is 10.8. The van der Waals surface area contributed by atoms with Crippen molar-refractivity contribution < 1.29 is 4.92 Å². The molecule has 19 heavy (non-hydrogen) atoms. The molecule has 1 aromatic heterocycles. The molecule has 98 valence electrons. The van der Waals surface area contributed by atoms with E-state index in [4.69, 9.17) is 0 Å². The summed E-state index contributed by atoms with van der Waals surface area (Å²) in [6, 6.07) is 6.31. The Bertz CT molecular complexity index is 641. The number of nitro groups is 1. The van der Waals surface area contributed by atoms with Crippen molar-refractivity contribution in [3.63, 3.8) is 0 Å². The standard InChI is InChI=1S/C13H14N4O2/c1-8-9(2)15-13(16-12(8)14-3)10-5-4-6-11(7-10)17(18)19/h4-7H,1-3H3,(H,14,15,16).